The predicted molar refractivity (Wildman–Crippen MR) is 129 cm³/mol. The smallest absolute Gasteiger partial charge is 0.273 e. The molecule has 7 nitrogen and oxygen atoms in total. The van der Waals surface area contributed by atoms with E-state index < -0.39 is 0 Å². The molecule has 0 radical (unpaired) electrons. The topological polar surface area (TPSA) is 95.8 Å². The monoisotopic (exact) mass is 443 g/mol. The summed E-state index contributed by atoms with van der Waals surface area (Å²) in [6, 6.07) is 10.2. The number of carbonyl (C=O) groups is 1. The van der Waals surface area contributed by atoms with E-state index in [9.17, 15) is 4.79 Å². The second-order valence-corrected chi connectivity index (χ2v) is 9.12. The zero-order valence-corrected chi connectivity index (χ0v) is 19.2. The molecule has 5 rings (SSSR count). The number of H-pyrrole nitrogens is 1. The molecule has 170 valence electrons. The van der Waals surface area contributed by atoms with E-state index in [1.165, 1.54) is 11.8 Å². The van der Waals surface area contributed by atoms with Crippen molar-refractivity contribution in [2.45, 2.75) is 33.1 Å². The Labute approximate surface area is 193 Å². The Balaban J connectivity index is 1.45. The molecule has 1 aliphatic heterocycles. The lowest BCUT2D eigenvalue weighted by atomic mass is 9.95. The van der Waals surface area contributed by atoms with Crippen LogP contribution in [0.5, 0.6) is 0 Å². The Bertz CT molecular complexity index is 1300. The summed E-state index contributed by atoms with van der Waals surface area (Å²) in [6.07, 6.45) is 4.36. The lowest BCUT2D eigenvalue weighted by Crippen LogP contribution is -2.30. The number of amides is 1. The summed E-state index contributed by atoms with van der Waals surface area (Å²) in [4.78, 5) is 24.9. The molecule has 1 fully saturated rings. The van der Waals surface area contributed by atoms with Crippen LogP contribution in [-0.4, -0.2) is 40.5 Å². The fraction of sp³-hybridized carbons (Fsp3) is 0.346. The number of aromatic nitrogens is 3. The maximum absolute atomic E-state index is 12.5. The second kappa shape index (κ2) is 8.83. The van der Waals surface area contributed by atoms with Crippen molar-refractivity contribution in [3.05, 3.63) is 59.7 Å². The molecule has 0 spiro atoms. The van der Waals surface area contributed by atoms with E-state index in [-0.39, 0.29) is 5.91 Å². The largest absolute Gasteiger partial charge is 0.444 e. The molecule has 0 saturated carbocycles. The Morgan fingerprint density at radius 1 is 1.24 bits per heavy atom. The number of fused-ring (bicyclic) bond motifs is 1. The second-order valence-electron chi connectivity index (χ2n) is 9.12. The molecule has 1 saturated heterocycles. The molecule has 1 aliphatic rings. The summed E-state index contributed by atoms with van der Waals surface area (Å²) in [5.74, 6) is 1.04. The summed E-state index contributed by atoms with van der Waals surface area (Å²) in [5.41, 5.74) is 6.67. The van der Waals surface area contributed by atoms with Crippen molar-refractivity contribution in [2.24, 2.45) is 5.92 Å². The standard InChI is InChI=1S/C26H29N5O2/c1-15(2)23-20-11-19(4-5-21(20)30-24(23)18-7-9-28-16(3)10-18)26-31-22(14-33-26)25(32)29-13-17-6-8-27-12-17/h4-5,7,9-11,14-15,17,27,30H,6,8,12-13H2,1-3H3,(H,29,32). The molecule has 4 heterocycles. The van der Waals surface area contributed by atoms with Gasteiger partial charge in [0, 0.05) is 40.5 Å². The lowest BCUT2D eigenvalue weighted by Gasteiger charge is -2.09. The highest BCUT2D eigenvalue weighted by atomic mass is 16.3. The van der Waals surface area contributed by atoms with Crippen LogP contribution >= 0.6 is 0 Å². The highest BCUT2D eigenvalue weighted by Gasteiger charge is 2.20. The fourth-order valence-corrected chi connectivity index (χ4v) is 4.60. The van der Waals surface area contributed by atoms with Crippen LogP contribution in [-0.2, 0) is 0 Å². The summed E-state index contributed by atoms with van der Waals surface area (Å²) in [7, 11) is 0. The van der Waals surface area contributed by atoms with Crippen LogP contribution in [0.4, 0.5) is 0 Å². The van der Waals surface area contributed by atoms with E-state index in [0.717, 1.165) is 52.9 Å². The van der Waals surface area contributed by atoms with Gasteiger partial charge in [-0.15, -0.1) is 0 Å². The van der Waals surface area contributed by atoms with Gasteiger partial charge in [-0.2, -0.15) is 0 Å². The van der Waals surface area contributed by atoms with Gasteiger partial charge in [-0.1, -0.05) is 13.8 Å². The Morgan fingerprint density at radius 3 is 2.88 bits per heavy atom. The molecule has 1 atom stereocenters. The number of nitrogens with zero attached hydrogens (tertiary/aromatic N) is 2. The molecule has 0 aliphatic carbocycles. The van der Waals surface area contributed by atoms with Crippen LogP contribution in [0.1, 0.15) is 47.9 Å². The van der Waals surface area contributed by atoms with Crippen molar-refractivity contribution in [3.63, 3.8) is 0 Å². The summed E-state index contributed by atoms with van der Waals surface area (Å²) >= 11 is 0. The molecule has 1 unspecified atom stereocenters. The molecule has 1 amide bonds. The van der Waals surface area contributed by atoms with Crippen LogP contribution < -0.4 is 10.6 Å². The molecular formula is C26H29N5O2. The lowest BCUT2D eigenvalue weighted by molar-refractivity contribution is 0.0943. The van der Waals surface area contributed by atoms with E-state index in [1.54, 1.807) is 0 Å². The van der Waals surface area contributed by atoms with Crippen molar-refractivity contribution < 1.29 is 9.21 Å². The molecule has 3 N–H and O–H groups in total. The number of oxazole rings is 1. The number of rotatable bonds is 6. The van der Waals surface area contributed by atoms with Gasteiger partial charge in [-0.25, -0.2) is 4.98 Å². The van der Waals surface area contributed by atoms with Crippen LogP contribution in [0.3, 0.4) is 0 Å². The van der Waals surface area contributed by atoms with Gasteiger partial charge in [0.1, 0.15) is 6.26 Å². The fourth-order valence-electron chi connectivity index (χ4n) is 4.60. The van der Waals surface area contributed by atoms with Gasteiger partial charge in [0.25, 0.3) is 5.91 Å². The number of nitrogens with one attached hydrogen (secondary N) is 3. The normalized spacial score (nSPS) is 16.1. The molecule has 4 aromatic rings. The third-order valence-electron chi connectivity index (χ3n) is 6.30. The highest BCUT2D eigenvalue weighted by molar-refractivity contribution is 5.95. The molecule has 1 aromatic carbocycles. The highest BCUT2D eigenvalue weighted by Crippen LogP contribution is 2.37. The van der Waals surface area contributed by atoms with Gasteiger partial charge >= 0.3 is 0 Å². The zero-order valence-electron chi connectivity index (χ0n) is 19.2. The van der Waals surface area contributed by atoms with Crippen molar-refractivity contribution in [1.82, 2.24) is 25.6 Å². The SMILES string of the molecule is Cc1cc(-c2[nH]c3ccc(-c4nc(C(=O)NCC5CCNC5)co4)cc3c2C(C)C)ccn1. The van der Waals surface area contributed by atoms with E-state index >= 15 is 0 Å². The molecule has 3 aromatic heterocycles. The number of hydrogen-bond donors (Lipinski definition) is 3. The van der Waals surface area contributed by atoms with Gasteiger partial charge in [0.2, 0.25) is 5.89 Å². The zero-order chi connectivity index (χ0) is 22.9. The first kappa shape index (κ1) is 21.4. The van der Waals surface area contributed by atoms with Crippen molar-refractivity contribution in [1.29, 1.82) is 0 Å². The van der Waals surface area contributed by atoms with Crippen molar-refractivity contribution in [3.8, 4) is 22.7 Å². The number of carbonyl (C=O) groups excluding carboxylic acids is 1. The first-order chi connectivity index (χ1) is 16.0. The quantitative estimate of drug-likeness (QED) is 0.403. The minimum Gasteiger partial charge on any atom is -0.444 e. The Kier molecular flexibility index (Phi) is 5.72. The van der Waals surface area contributed by atoms with Gasteiger partial charge < -0.3 is 20.0 Å². The number of aryl methyl sites for hydroxylation is 1. The number of hydrogen-bond acceptors (Lipinski definition) is 5. The number of pyridine rings is 1. The first-order valence-corrected chi connectivity index (χ1v) is 11.5. The average Bonchev–Trinajstić information content (AvgIpc) is 3.56. The van der Waals surface area contributed by atoms with Gasteiger partial charge in [-0.05, 0) is 74.2 Å². The molecule has 7 heteroatoms. The molecular weight excluding hydrogens is 414 g/mol. The first-order valence-electron chi connectivity index (χ1n) is 11.5. The van der Waals surface area contributed by atoms with Crippen LogP contribution in [0.2, 0.25) is 0 Å². The minimum absolute atomic E-state index is 0.196. The molecule has 0 bridgehead atoms. The van der Waals surface area contributed by atoms with E-state index in [2.05, 4.69) is 51.6 Å². The summed E-state index contributed by atoms with van der Waals surface area (Å²) in [5, 5.41) is 7.42. The van der Waals surface area contributed by atoms with Crippen LogP contribution in [0.25, 0.3) is 33.6 Å². The summed E-state index contributed by atoms with van der Waals surface area (Å²) in [6.45, 7) is 9.00. The predicted octanol–water partition coefficient (Wildman–Crippen LogP) is 4.66. The third-order valence-corrected chi connectivity index (χ3v) is 6.30. The van der Waals surface area contributed by atoms with Crippen molar-refractivity contribution >= 4 is 16.8 Å². The number of aromatic amines is 1. The van der Waals surface area contributed by atoms with Crippen molar-refractivity contribution in [2.75, 3.05) is 19.6 Å². The summed E-state index contributed by atoms with van der Waals surface area (Å²) < 4.78 is 5.70. The third kappa shape index (κ3) is 4.28. The Hall–Kier alpha value is -3.45. The maximum atomic E-state index is 12.5. The van der Waals surface area contributed by atoms with E-state index in [4.69, 9.17) is 4.42 Å². The average molecular weight is 444 g/mol. The van der Waals surface area contributed by atoms with E-state index in [0.29, 0.717) is 30.0 Å². The minimum atomic E-state index is -0.196. The number of benzene rings is 1. The van der Waals surface area contributed by atoms with Gasteiger partial charge in [0.05, 0.1) is 5.69 Å². The van der Waals surface area contributed by atoms with Crippen LogP contribution in [0, 0.1) is 12.8 Å². The molecule has 33 heavy (non-hydrogen) atoms. The van der Waals surface area contributed by atoms with Crippen LogP contribution in [0.15, 0.2) is 47.2 Å². The Morgan fingerprint density at radius 2 is 2.12 bits per heavy atom. The van der Waals surface area contributed by atoms with E-state index in [1.807, 2.05) is 31.3 Å². The van der Waals surface area contributed by atoms with Gasteiger partial charge in [0.15, 0.2) is 5.69 Å². The maximum Gasteiger partial charge on any atom is 0.273 e. The van der Waals surface area contributed by atoms with Gasteiger partial charge in [-0.3, -0.25) is 9.78 Å².